The molecule has 1 heterocycles. The molecule has 1 rings (SSSR count). The van der Waals surface area contributed by atoms with Crippen molar-refractivity contribution >= 4 is 11.9 Å². The fourth-order valence-electron chi connectivity index (χ4n) is 2.36. The molecule has 1 saturated heterocycles. The number of hydrogen-bond donors (Lipinski definition) is 2. The summed E-state index contributed by atoms with van der Waals surface area (Å²) in [6, 6.07) is 0.409. The Bertz CT molecular complexity index is 307. The van der Waals surface area contributed by atoms with Gasteiger partial charge in [-0.05, 0) is 25.9 Å². The van der Waals surface area contributed by atoms with Gasteiger partial charge < -0.3 is 10.4 Å². The molecule has 2 N–H and O–H groups in total. The molecule has 5 nitrogen and oxygen atoms in total. The Balaban J connectivity index is 2.38. The highest BCUT2D eigenvalue weighted by molar-refractivity contribution is 5.84. The zero-order valence-electron chi connectivity index (χ0n) is 11.5. The largest absolute Gasteiger partial charge is 0.481 e. The number of amides is 1. The molecule has 0 bridgehead atoms. The van der Waals surface area contributed by atoms with Gasteiger partial charge in [0.2, 0.25) is 5.91 Å². The molecule has 0 aromatic rings. The van der Waals surface area contributed by atoms with E-state index in [0.29, 0.717) is 12.6 Å². The van der Waals surface area contributed by atoms with Gasteiger partial charge in [-0.3, -0.25) is 14.5 Å². The molecular weight excluding hydrogens is 232 g/mol. The van der Waals surface area contributed by atoms with Crippen LogP contribution in [0.25, 0.3) is 0 Å². The maximum Gasteiger partial charge on any atom is 0.307 e. The van der Waals surface area contributed by atoms with Crippen molar-refractivity contribution < 1.29 is 14.7 Å². The van der Waals surface area contributed by atoms with E-state index in [0.717, 1.165) is 19.5 Å². The Hall–Kier alpha value is -1.10. The molecule has 0 aromatic heterocycles. The molecule has 18 heavy (non-hydrogen) atoms. The first-order valence-corrected chi connectivity index (χ1v) is 6.72. The maximum atomic E-state index is 11.8. The lowest BCUT2D eigenvalue weighted by atomic mass is 9.95. The topological polar surface area (TPSA) is 69.6 Å². The number of carboxylic acids is 1. The first-order valence-electron chi connectivity index (χ1n) is 6.72. The zero-order valence-corrected chi connectivity index (χ0v) is 11.5. The van der Waals surface area contributed by atoms with Crippen LogP contribution >= 0.6 is 0 Å². The van der Waals surface area contributed by atoms with Crippen LogP contribution in [0.5, 0.6) is 0 Å². The van der Waals surface area contributed by atoms with Crippen molar-refractivity contribution in [3.8, 4) is 0 Å². The summed E-state index contributed by atoms with van der Waals surface area (Å²) in [7, 11) is 0. The highest BCUT2D eigenvalue weighted by Crippen LogP contribution is 2.16. The SMILES string of the molecule is CCN1CCCC1CNC(=O)C(C)C(C)C(=O)O. The minimum Gasteiger partial charge on any atom is -0.481 e. The number of aliphatic carboxylic acids is 1. The van der Waals surface area contributed by atoms with Gasteiger partial charge in [0.1, 0.15) is 0 Å². The Morgan fingerprint density at radius 2 is 2.06 bits per heavy atom. The summed E-state index contributed by atoms with van der Waals surface area (Å²) in [6.45, 7) is 8.08. The number of nitrogens with one attached hydrogen (secondary N) is 1. The quantitative estimate of drug-likeness (QED) is 0.742. The fourth-order valence-corrected chi connectivity index (χ4v) is 2.36. The summed E-state index contributed by atoms with van der Waals surface area (Å²) < 4.78 is 0. The number of carbonyl (C=O) groups is 2. The van der Waals surface area contributed by atoms with Crippen LogP contribution in [-0.2, 0) is 9.59 Å². The van der Waals surface area contributed by atoms with E-state index in [1.54, 1.807) is 13.8 Å². The first-order chi connectivity index (χ1) is 8.47. The molecule has 3 unspecified atom stereocenters. The average molecular weight is 256 g/mol. The zero-order chi connectivity index (χ0) is 13.7. The first kappa shape index (κ1) is 15.0. The Kier molecular flexibility index (Phi) is 5.59. The van der Waals surface area contributed by atoms with Gasteiger partial charge >= 0.3 is 5.97 Å². The molecule has 1 amide bonds. The van der Waals surface area contributed by atoms with Crippen LogP contribution < -0.4 is 5.32 Å². The molecule has 1 fully saturated rings. The fraction of sp³-hybridized carbons (Fsp3) is 0.846. The summed E-state index contributed by atoms with van der Waals surface area (Å²) in [6.07, 6.45) is 2.28. The van der Waals surface area contributed by atoms with Gasteiger partial charge in [0, 0.05) is 18.5 Å². The van der Waals surface area contributed by atoms with Crippen LogP contribution in [0.4, 0.5) is 0 Å². The molecule has 5 heteroatoms. The smallest absolute Gasteiger partial charge is 0.307 e. The lowest BCUT2D eigenvalue weighted by molar-refractivity contribution is -0.146. The van der Waals surface area contributed by atoms with Crippen LogP contribution in [0, 0.1) is 11.8 Å². The molecule has 0 radical (unpaired) electrons. The number of rotatable bonds is 6. The number of nitrogens with zero attached hydrogens (tertiary/aromatic N) is 1. The number of carbonyl (C=O) groups excluding carboxylic acids is 1. The van der Waals surface area contributed by atoms with Crippen LogP contribution in [0.3, 0.4) is 0 Å². The standard InChI is InChI=1S/C13H24N2O3/c1-4-15-7-5-6-11(15)8-14-12(16)9(2)10(3)13(17)18/h9-11H,4-8H2,1-3H3,(H,14,16)(H,17,18). The second-order valence-corrected chi connectivity index (χ2v) is 5.09. The van der Waals surface area contributed by atoms with Crippen molar-refractivity contribution in [1.82, 2.24) is 10.2 Å². The summed E-state index contributed by atoms with van der Waals surface area (Å²) in [5.41, 5.74) is 0. The highest BCUT2D eigenvalue weighted by atomic mass is 16.4. The van der Waals surface area contributed by atoms with Crippen LogP contribution in [-0.4, -0.2) is 47.6 Å². The van der Waals surface area contributed by atoms with Crippen LogP contribution in [0.2, 0.25) is 0 Å². The molecule has 3 atom stereocenters. The number of carboxylic acid groups (broad SMARTS) is 1. The van der Waals surface area contributed by atoms with Crippen molar-refractivity contribution in [3.05, 3.63) is 0 Å². The van der Waals surface area contributed by atoms with E-state index < -0.39 is 17.8 Å². The minimum absolute atomic E-state index is 0.159. The van der Waals surface area contributed by atoms with Gasteiger partial charge in [-0.1, -0.05) is 20.8 Å². The predicted octanol–water partition coefficient (Wildman–Crippen LogP) is 0.944. The van der Waals surface area contributed by atoms with Crippen LogP contribution in [0.15, 0.2) is 0 Å². The number of hydrogen-bond acceptors (Lipinski definition) is 3. The Morgan fingerprint density at radius 1 is 1.39 bits per heavy atom. The van der Waals surface area contributed by atoms with E-state index >= 15 is 0 Å². The Morgan fingerprint density at radius 3 is 2.61 bits per heavy atom. The van der Waals surface area contributed by atoms with E-state index in [-0.39, 0.29) is 5.91 Å². The Labute approximate surface area is 109 Å². The second-order valence-electron chi connectivity index (χ2n) is 5.09. The molecule has 0 aliphatic carbocycles. The van der Waals surface area contributed by atoms with E-state index in [4.69, 9.17) is 5.11 Å². The van der Waals surface area contributed by atoms with Gasteiger partial charge in [0.25, 0.3) is 0 Å². The van der Waals surface area contributed by atoms with Gasteiger partial charge in [0.15, 0.2) is 0 Å². The third-order valence-corrected chi connectivity index (χ3v) is 3.97. The summed E-state index contributed by atoms with van der Waals surface area (Å²) >= 11 is 0. The number of likely N-dealkylation sites (tertiary alicyclic amines) is 1. The van der Waals surface area contributed by atoms with E-state index in [2.05, 4.69) is 17.1 Å². The molecule has 0 aromatic carbocycles. The van der Waals surface area contributed by atoms with Gasteiger partial charge in [-0.15, -0.1) is 0 Å². The van der Waals surface area contributed by atoms with Crippen LogP contribution in [0.1, 0.15) is 33.6 Å². The molecule has 104 valence electrons. The predicted molar refractivity (Wildman–Crippen MR) is 69.2 cm³/mol. The summed E-state index contributed by atoms with van der Waals surface area (Å²) in [5.74, 6) is -2.21. The third-order valence-electron chi connectivity index (χ3n) is 3.97. The van der Waals surface area contributed by atoms with Gasteiger partial charge in [0.05, 0.1) is 5.92 Å². The average Bonchev–Trinajstić information content (AvgIpc) is 2.81. The lowest BCUT2D eigenvalue weighted by Crippen LogP contribution is -2.43. The van der Waals surface area contributed by atoms with Crippen molar-refractivity contribution in [2.75, 3.05) is 19.6 Å². The van der Waals surface area contributed by atoms with Gasteiger partial charge in [-0.25, -0.2) is 0 Å². The normalized spacial score (nSPS) is 23.6. The van der Waals surface area contributed by atoms with E-state index in [1.807, 2.05) is 0 Å². The second kappa shape index (κ2) is 6.73. The van der Waals surface area contributed by atoms with Crippen molar-refractivity contribution in [2.24, 2.45) is 11.8 Å². The lowest BCUT2D eigenvalue weighted by Gasteiger charge is -2.24. The molecule has 0 saturated carbocycles. The number of likely N-dealkylation sites (N-methyl/N-ethyl adjacent to an activating group) is 1. The molecular formula is C13H24N2O3. The van der Waals surface area contributed by atoms with E-state index in [1.165, 1.54) is 6.42 Å². The third kappa shape index (κ3) is 3.70. The summed E-state index contributed by atoms with van der Waals surface area (Å²) in [4.78, 5) is 25.0. The summed E-state index contributed by atoms with van der Waals surface area (Å²) in [5, 5.41) is 11.8. The highest BCUT2D eigenvalue weighted by Gasteiger charge is 2.28. The minimum atomic E-state index is -0.922. The maximum absolute atomic E-state index is 11.8. The molecule has 1 aliphatic heterocycles. The van der Waals surface area contributed by atoms with E-state index in [9.17, 15) is 9.59 Å². The molecule has 0 spiro atoms. The molecule has 1 aliphatic rings. The van der Waals surface area contributed by atoms with Crippen molar-refractivity contribution in [1.29, 1.82) is 0 Å². The van der Waals surface area contributed by atoms with Crippen molar-refractivity contribution in [3.63, 3.8) is 0 Å². The van der Waals surface area contributed by atoms with Crippen molar-refractivity contribution in [2.45, 2.75) is 39.7 Å². The monoisotopic (exact) mass is 256 g/mol. The van der Waals surface area contributed by atoms with Gasteiger partial charge in [-0.2, -0.15) is 0 Å².